The second-order valence-electron chi connectivity index (χ2n) is 0.733. The van der Waals surface area contributed by atoms with E-state index in [1.165, 1.54) is 0 Å². The Hall–Kier alpha value is 1.64. The predicted octanol–water partition coefficient (Wildman–Crippen LogP) is -6.49. The maximum Gasteiger partial charge on any atom is 1.00 e. The van der Waals surface area contributed by atoms with Gasteiger partial charge in [-0.2, -0.15) is 8.42 Å². The molecule has 3 nitrogen and oxygen atoms in total. The molecule has 0 amide bonds. The minimum absolute atomic E-state index is 0. The molecule has 0 radical (unpaired) electrons. The molecule has 0 aliphatic carbocycles. The molecule has 0 aromatic carbocycles. The van der Waals surface area contributed by atoms with Gasteiger partial charge in [-0.3, -0.25) is 4.55 Å². The summed E-state index contributed by atoms with van der Waals surface area (Å²) in [7, 11) is -3.67. The summed E-state index contributed by atoms with van der Waals surface area (Å²) in [6.45, 7) is 0. The molecule has 0 fully saturated rings. The molecule has 0 rings (SSSR count). The van der Waals surface area contributed by atoms with Crippen LogP contribution in [-0.2, 0) is 10.1 Å². The average Bonchev–Trinajstić information content (AvgIpc) is 0.722. The molecule has 0 bridgehead atoms. The Morgan fingerprint density at radius 1 is 1.43 bits per heavy atom. The molecule has 0 saturated heterocycles. The van der Waals surface area contributed by atoms with Crippen LogP contribution in [0.2, 0.25) is 0 Å². The number of halogens is 1. The van der Waals surface area contributed by atoms with Gasteiger partial charge in [0.15, 0.2) is 0 Å². The average molecular weight is 246 g/mol. The maximum absolute atomic E-state index is 9.19. The van der Waals surface area contributed by atoms with Crippen LogP contribution >= 0.6 is 0 Å². The summed E-state index contributed by atoms with van der Waals surface area (Å²) >= 11 is 0. The number of rotatable bonds is 0. The van der Waals surface area contributed by atoms with Gasteiger partial charge in [0.25, 0.3) is 10.1 Å². The first-order chi connectivity index (χ1) is 2.00. The largest absolute Gasteiger partial charge is 1.00 e. The first-order valence-electron chi connectivity index (χ1n) is 0.924. The summed E-state index contributed by atoms with van der Waals surface area (Å²) in [4.78, 5) is 0. The van der Waals surface area contributed by atoms with Crippen molar-refractivity contribution in [1.82, 2.24) is 0 Å². The molecular formula is CH4INaO3S. The maximum atomic E-state index is 9.19. The Kier molecular flexibility index (Phi) is 13.1. The zero-order valence-corrected chi connectivity index (χ0v) is 9.02. The quantitative estimate of drug-likeness (QED) is 0.263. The predicted molar refractivity (Wildman–Crippen MR) is 17.5 cm³/mol. The Labute approximate surface area is 81.9 Å². The van der Waals surface area contributed by atoms with Crippen molar-refractivity contribution in [2.45, 2.75) is 0 Å². The first-order valence-corrected chi connectivity index (χ1v) is 2.77. The summed E-state index contributed by atoms with van der Waals surface area (Å²) in [6, 6.07) is 0. The van der Waals surface area contributed by atoms with Crippen molar-refractivity contribution in [3.8, 4) is 0 Å². The second-order valence-corrected chi connectivity index (χ2v) is 2.20. The van der Waals surface area contributed by atoms with Crippen molar-refractivity contribution in [2.75, 3.05) is 6.26 Å². The van der Waals surface area contributed by atoms with E-state index in [4.69, 9.17) is 4.55 Å². The van der Waals surface area contributed by atoms with E-state index in [0.29, 0.717) is 6.26 Å². The van der Waals surface area contributed by atoms with E-state index in [0.717, 1.165) is 0 Å². The van der Waals surface area contributed by atoms with Crippen LogP contribution in [0.1, 0.15) is 0 Å². The van der Waals surface area contributed by atoms with Gasteiger partial charge in [0.2, 0.25) is 0 Å². The fourth-order valence-corrected chi connectivity index (χ4v) is 0. The van der Waals surface area contributed by atoms with Crippen molar-refractivity contribution in [3.05, 3.63) is 0 Å². The summed E-state index contributed by atoms with van der Waals surface area (Å²) in [5.41, 5.74) is 0. The van der Waals surface area contributed by atoms with Crippen LogP contribution in [0, 0.1) is 0 Å². The van der Waals surface area contributed by atoms with Crippen LogP contribution in [0.4, 0.5) is 0 Å². The summed E-state index contributed by atoms with van der Waals surface area (Å²) in [5, 5.41) is 0. The van der Waals surface area contributed by atoms with E-state index in [2.05, 4.69) is 0 Å². The van der Waals surface area contributed by atoms with E-state index in [-0.39, 0.29) is 53.5 Å². The molecule has 0 aliphatic heterocycles. The molecule has 0 aliphatic rings. The van der Waals surface area contributed by atoms with Crippen LogP contribution in [-0.4, -0.2) is 19.2 Å². The summed E-state index contributed by atoms with van der Waals surface area (Å²) in [6.07, 6.45) is 0.715. The Balaban J connectivity index is -0.0000000800. The third-order valence-corrected chi connectivity index (χ3v) is 0. The molecule has 7 heavy (non-hydrogen) atoms. The van der Waals surface area contributed by atoms with Gasteiger partial charge in [0.1, 0.15) is 0 Å². The van der Waals surface area contributed by atoms with Crippen molar-refractivity contribution in [1.29, 1.82) is 0 Å². The third-order valence-electron chi connectivity index (χ3n) is 0. The van der Waals surface area contributed by atoms with Crippen LogP contribution in [0.15, 0.2) is 0 Å². The fourth-order valence-electron chi connectivity index (χ4n) is 0. The first kappa shape index (κ1) is 15.9. The minimum Gasteiger partial charge on any atom is -1.00 e. The Morgan fingerprint density at radius 3 is 1.43 bits per heavy atom. The molecule has 6 heteroatoms. The van der Waals surface area contributed by atoms with Crippen LogP contribution < -0.4 is 53.5 Å². The molecule has 0 unspecified atom stereocenters. The zero-order chi connectivity index (χ0) is 4.50. The van der Waals surface area contributed by atoms with Gasteiger partial charge in [-0.15, -0.1) is 0 Å². The van der Waals surface area contributed by atoms with Crippen LogP contribution in [0.3, 0.4) is 0 Å². The molecule has 0 spiro atoms. The van der Waals surface area contributed by atoms with E-state index < -0.39 is 10.1 Å². The van der Waals surface area contributed by atoms with Gasteiger partial charge in [0.05, 0.1) is 6.26 Å². The molecule has 0 aromatic rings. The van der Waals surface area contributed by atoms with Gasteiger partial charge >= 0.3 is 29.6 Å². The van der Waals surface area contributed by atoms with Crippen molar-refractivity contribution < 1.29 is 66.5 Å². The van der Waals surface area contributed by atoms with E-state index in [1.54, 1.807) is 0 Å². The molecular weight excluding hydrogens is 242 g/mol. The van der Waals surface area contributed by atoms with E-state index in [9.17, 15) is 8.42 Å². The third kappa shape index (κ3) is 90.4. The van der Waals surface area contributed by atoms with E-state index >= 15 is 0 Å². The summed E-state index contributed by atoms with van der Waals surface area (Å²) in [5.74, 6) is 0. The van der Waals surface area contributed by atoms with Gasteiger partial charge < -0.3 is 24.0 Å². The number of hydrogen-bond donors (Lipinski definition) is 1. The van der Waals surface area contributed by atoms with Crippen molar-refractivity contribution >= 4 is 10.1 Å². The van der Waals surface area contributed by atoms with E-state index in [1.807, 2.05) is 0 Å². The fraction of sp³-hybridized carbons (Fsp3) is 1.00. The molecule has 40 valence electrons. The van der Waals surface area contributed by atoms with Gasteiger partial charge in [-0.05, 0) is 0 Å². The number of hydrogen-bond acceptors (Lipinski definition) is 2. The van der Waals surface area contributed by atoms with Crippen molar-refractivity contribution in [3.63, 3.8) is 0 Å². The molecule has 0 heterocycles. The molecule has 0 aromatic heterocycles. The van der Waals surface area contributed by atoms with Gasteiger partial charge in [0, 0.05) is 0 Å². The molecule has 0 atom stereocenters. The topological polar surface area (TPSA) is 54.4 Å². The Bertz CT molecular complexity index is 98.1. The Morgan fingerprint density at radius 2 is 1.43 bits per heavy atom. The van der Waals surface area contributed by atoms with Crippen LogP contribution in [0.25, 0.3) is 0 Å². The normalized spacial score (nSPS) is 8.29. The minimum atomic E-state index is -3.67. The van der Waals surface area contributed by atoms with Crippen LogP contribution in [0.5, 0.6) is 0 Å². The molecule has 0 saturated carbocycles. The second kappa shape index (κ2) is 5.77. The SMILES string of the molecule is CS(=O)(=O)O.[I-].[Na+]. The molecule has 1 N–H and O–H groups in total. The summed E-state index contributed by atoms with van der Waals surface area (Å²) < 4.78 is 25.9. The van der Waals surface area contributed by atoms with Gasteiger partial charge in [-0.1, -0.05) is 0 Å². The zero-order valence-electron chi connectivity index (χ0n) is 4.05. The standard InChI is InChI=1S/CH4O3S.HI.Na/c1-5(2,3)4;;/h1H3,(H,2,3,4);1H;/q;;+1/p-1. The van der Waals surface area contributed by atoms with Crippen molar-refractivity contribution in [2.24, 2.45) is 0 Å². The van der Waals surface area contributed by atoms with Gasteiger partial charge in [-0.25, -0.2) is 0 Å². The smallest absolute Gasteiger partial charge is 1.00 e. The monoisotopic (exact) mass is 246 g/mol.